The van der Waals surface area contributed by atoms with Crippen LogP contribution in [-0.4, -0.2) is 55.6 Å². The zero-order valence-corrected chi connectivity index (χ0v) is 24.5. The van der Waals surface area contributed by atoms with Gasteiger partial charge in [0, 0.05) is 29.9 Å². The highest BCUT2D eigenvalue weighted by Crippen LogP contribution is 2.25. The lowest BCUT2D eigenvalue weighted by Crippen LogP contribution is -2.43. The maximum atomic E-state index is 13.9. The fourth-order valence-corrected chi connectivity index (χ4v) is 6.23. The first-order valence-electron chi connectivity index (χ1n) is 13.8. The third-order valence-electron chi connectivity index (χ3n) is 7.50. The number of esters is 1. The van der Waals surface area contributed by atoms with Gasteiger partial charge in [-0.05, 0) is 63.3 Å². The molecule has 1 fully saturated rings. The lowest BCUT2D eigenvalue weighted by molar-refractivity contribution is -0.151. The molecule has 10 heteroatoms. The predicted octanol–water partition coefficient (Wildman–Crippen LogP) is 4.69. The predicted molar refractivity (Wildman–Crippen MR) is 155 cm³/mol. The van der Waals surface area contributed by atoms with E-state index in [2.05, 4.69) is 26.0 Å². The van der Waals surface area contributed by atoms with Crippen LogP contribution in [0.3, 0.4) is 0 Å². The van der Waals surface area contributed by atoms with Crippen molar-refractivity contribution in [1.29, 1.82) is 0 Å². The van der Waals surface area contributed by atoms with Gasteiger partial charge < -0.3 is 9.64 Å². The Morgan fingerprint density at radius 3 is 2.62 bits per heavy atom. The van der Waals surface area contributed by atoms with Crippen LogP contribution < -0.4 is 5.56 Å². The monoisotopic (exact) mass is 561 g/mol. The molecular weight excluding hydrogens is 526 g/mol. The van der Waals surface area contributed by atoms with Crippen LogP contribution in [0.1, 0.15) is 62.2 Å². The number of piperidine rings is 1. The number of hydrogen-bond acceptors (Lipinski definition) is 7. The number of fused-ring (bicyclic) bond motifs is 1. The number of ether oxygens (including phenoxy) is 1. The van der Waals surface area contributed by atoms with Gasteiger partial charge in [0.05, 0.1) is 35.9 Å². The van der Waals surface area contributed by atoms with Crippen molar-refractivity contribution in [2.75, 3.05) is 19.7 Å². The third-order valence-corrected chi connectivity index (χ3v) is 8.37. The molecule has 0 radical (unpaired) electrons. The quantitative estimate of drug-likeness (QED) is 0.304. The maximum Gasteiger partial charge on any atom is 0.310 e. The van der Waals surface area contributed by atoms with Crippen LogP contribution in [0.2, 0.25) is 0 Å². The Morgan fingerprint density at radius 2 is 1.93 bits per heavy atom. The second kappa shape index (κ2) is 11.4. The summed E-state index contributed by atoms with van der Waals surface area (Å²) in [6, 6.07) is 10.2. The number of nitrogens with zero attached hydrogens (tertiary/aromatic N) is 5. The largest absolute Gasteiger partial charge is 0.466 e. The molecule has 1 atom stereocenters. The number of carbonyl (C=O) groups is 2. The zero-order chi connectivity index (χ0) is 28.6. The van der Waals surface area contributed by atoms with Crippen LogP contribution in [0.4, 0.5) is 0 Å². The molecule has 1 saturated heterocycles. The summed E-state index contributed by atoms with van der Waals surface area (Å²) in [5.41, 5.74) is 4.98. The molecule has 4 heterocycles. The van der Waals surface area contributed by atoms with E-state index in [1.54, 1.807) is 11.8 Å². The van der Waals surface area contributed by atoms with E-state index in [1.165, 1.54) is 21.3 Å². The summed E-state index contributed by atoms with van der Waals surface area (Å²) in [6.45, 7) is 11.1. The lowest BCUT2D eigenvalue weighted by atomic mass is 9.98. The minimum absolute atomic E-state index is 0.0509. The van der Waals surface area contributed by atoms with Crippen molar-refractivity contribution in [3.63, 3.8) is 0 Å². The van der Waals surface area contributed by atoms with Crippen molar-refractivity contribution in [2.45, 2.75) is 59.8 Å². The molecule has 4 aromatic rings. The molecule has 1 aliphatic rings. The Bertz CT molecular complexity index is 1620. The Balaban J connectivity index is 1.44. The van der Waals surface area contributed by atoms with Crippen molar-refractivity contribution in [2.24, 2.45) is 5.92 Å². The molecule has 9 nitrogen and oxygen atoms in total. The summed E-state index contributed by atoms with van der Waals surface area (Å²) in [7, 11) is 0. The highest BCUT2D eigenvalue weighted by Gasteiger charge is 2.30. The number of thiazole rings is 1. The molecule has 0 spiro atoms. The van der Waals surface area contributed by atoms with Crippen molar-refractivity contribution in [3.05, 3.63) is 68.7 Å². The number of carbonyl (C=O) groups excluding carboxylic acids is 2. The minimum Gasteiger partial charge on any atom is -0.466 e. The summed E-state index contributed by atoms with van der Waals surface area (Å²) < 4.78 is 8.54. The molecule has 0 N–H and O–H groups in total. The molecule has 1 aliphatic heterocycles. The number of aromatic nitrogens is 4. The third kappa shape index (κ3) is 5.32. The Labute approximate surface area is 237 Å². The lowest BCUT2D eigenvalue weighted by Gasteiger charge is -2.31. The number of benzene rings is 1. The molecule has 0 aliphatic carbocycles. The van der Waals surface area contributed by atoms with Gasteiger partial charge in [0.1, 0.15) is 5.69 Å². The molecule has 0 saturated carbocycles. The normalized spacial score (nSPS) is 15.7. The SMILES string of the molecule is CCOC(=O)[C@H]1CCCN(C(=O)Cc2csc3nc(C)c(-c4cc(C)n(-c5ccc(C(C)C)cc5)n4)c(=O)n23)C1. The molecule has 5 rings (SSSR count). The number of aryl methyl sites for hydroxylation is 2. The van der Waals surface area contributed by atoms with Gasteiger partial charge >= 0.3 is 5.97 Å². The van der Waals surface area contributed by atoms with E-state index in [0.717, 1.165) is 17.8 Å². The molecule has 0 unspecified atom stereocenters. The molecule has 3 aromatic heterocycles. The van der Waals surface area contributed by atoms with E-state index < -0.39 is 0 Å². The highest BCUT2D eigenvalue weighted by molar-refractivity contribution is 7.15. The topological polar surface area (TPSA) is 98.8 Å². The van der Waals surface area contributed by atoms with E-state index in [0.29, 0.717) is 59.6 Å². The Morgan fingerprint density at radius 1 is 1.18 bits per heavy atom. The summed E-state index contributed by atoms with van der Waals surface area (Å²) in [5, 5.41) is 6.61. The van der Waals surface area contributed by atoms with Crippen LogP contribution in [0.25, 0.3) is 21.9 Å². The molecular formula is C30H35N5O4S. The average Bonchev–Trinajstić information content (AvgIpc) is 3.51. The molecule has 0 bridgehead atoms. The minimum atomic E-state index is -0.310. The summed E-state index contributed by atoms with van der Waals surface area (Å²) in [6.07, 6.45) is 1.51. The number of amides is 1. The van der Waals surface area contributed by atoms with Crippen LogP contribution in [0.15, 0.2) is 40.5 Å². The first kappa shape index (κ1) is 27.8. The number of hydrogen-bond donors (Lipinski definition) is 0. The Kier molecular flexibility index (Phi) is 7.89. The Hall–Kier alpha value is -3.79. The first-order valence-corrected chi connectivity index (χ1v) is 14.7. The van der Waals surface area contributed by atoms with Gasteiger partial charge in [0.2, 0.25) is 5.91 Å². The van der Waals surface area contributed by atoms with Crippen LogP contribution in [0.5, 0.6) is 0 Å². The summed E-state index contributed by atoms with van der Waals surface area (Å²) in [5.74, 6) is -0.250. The van der Waals surface area contributed by atoms with Crippen molar-refractivity contribution in [1.82, 2.24) is 24.1 Å². The molecule has 1 amide bonds. The van der Waals surface area contributed by atoms with Gasteiger partial charge in [-0.1, -0.05) is 26.0 Å². The van der Waals surface area contributed by atoms with Crippen molar-refractivity contribution in [3.8, 4) is 16.9 Å². The van der Waals surface area contributed by atoms with Crippen LogP contribution in [0, 0.1) is 19.8 Å². The second-order valence-electron chi connectivity index (χ2n) is 10.7. The fraction of sp³-hybridized carbons (Fsp3) is 0.433. The summed E-state index contributed by atoms with van der Waals surface area (Å²) >= 11 is 1.34. The van der Waals surface area contributed by atoms with Gasteiger partial charge in [0.15, 0.2) is 4.96 Å². The van der Waals surface area contributed by atoms with E-state index >= 15 is 0 Å². The maximum absolute atomic E-state index is 13.9. The van der Waals surface area contributed by atoms with Gasteiger partial charge in [-0.25, -0.2) is 9.67 Å². The molecule has 40 heavy (non-hydrogen) atoms. The summed E-state index contributed by atoms with van der Waals surface area (Å²) in [4.78, 5) is 46.3. The van der Waals surface area contributed by atoms with Crippen LogP contribution in [-0.2, 0) is 20.7 Å². The number of rotatable bonds is 7. The standard InChI is InChI=1S/C30H35N5O4S/c1-6-39-29(38)22-8-7-13-33(16-22)26(36)15-24-17-40-30-31-20(5)27(28(37)34(24)30)25-14-19(4)35(32-25)23-11-9-21(10-12-23)18(2)3/h9-12,14,17-18,22H,6-8,13,15-16H2,1-5H3/t22-/m0/s1. The van der Waals surface area contributed by atoms with Crippen LogP contribution >= 0.6 is 11.3 Å². The molecule has 210 valence electrons. The average molecular weight is 562 g/mol. The van der Waals surface area contributed by atoms with Crippen molar-refractivity contribution >= 4 is 28.2 Å². The fourth-order valence-electron chi connectivity index (χ4n) is 5.31. The van der Waals surface area contributed by atoms with Gasteiger partial charge in [0.25, 0.3) is 5.56 Å². The highest BCUT2D eigenvalue weighted by atomic mass is 32.1. The van der Waals surface area contributed by atoms with E-state index in [4.69, 9.17) is 14.8 Å². The molecule has 1 aromatic carbocycles. The van der Waals surface area contributed by atoms with Gasteiger partial charge in [-0.3, -0.25) is 18.8 Å². The van der Waals surface area contributed by atoms with E-state index in [1.807, 2.05) is 42.1 Å². The zero-order valence-electron chi connectivity index (χ0n) is 23.6. The smallest absolute Gasteiger partial charge is 0.310 e. The van der Waals surface area contributed by atoms with Gasteiger partial charge in [-0.15, -0.1) is 11.3 Å². The second-order valence-corrected chi connectivity index (χ2v) is 11.5. The first-order chi connectivity index (χ1) is 19.2. The van der Waals surface area contributed by atoms with E-state index in [-0.39, 0.29) is 29.8 Å². The van der Waals surface area contributed by atoms with Gasteiger partial charge in [-0.2, -0.15) is 5.10 Å². The van der Waals surface area contributed by atoms with Crippen molar-refractivity contribution < 1.29 is 14.3 Å². The van der Waals surface area contributed by atoms with E-state index in [9.17, 15) is 14.4 Å². The number of likely N-dealkylation sites (tertiary alicyclic amines) is 1.